The normalized spacial score (nSPS) is 11.5. The first kappa shape index (κ1) is 10.4. The van der Waals surface area contributed by atoms with E-state index in [1.54, 1.807) is 26.0 Å². The largest absolute Gasteiger partial charge is 0.398 e. The summed E-state index contributed by atoms with van der Waals surface area (Å²) in [6.45, 7) is 3.32. The van der Waals surface area contributed by atoms with E-state index in [4.69, 9.17) is 11.1 Å². The first-order valence-electron chi connectivity index (χ1n) is 4.29. The molecular weight excluding hydrogens is 179 g/mol. The average Bonchev–Trinajstić information content (AvgIpc) is 2.08. The Balaban J connectivity index is 3.09. The van der Waals surface area contributed by atoms with Crippen LogP contribution in [0.4, 0.5) is 4.39 Å². The van der Waals surface area contributed by atoms with E-state index >= 15 is 0 Å². The molecule has 2 nitrogen and oxygen atoms in total. The lowest BCUT2D eigenvalue weighted by molar-refractivity contribution is 0.618. The van der Waals surface area contributed by atoms with E-state index in [0.29, 0.717) is 22.5 Å². The number of hydrogen-bond donors (Lipinski definition) is 2. The summed E-state index contributed by atoms with van der Waals surface area (Å²) >= 11 is 0. The van der Waals surface area contributed by atoms with E-state index in [-0.39, 0.29) is 5.82 Å². The fourth-order valence-corrected chi connectivity index (χ4v) is 1.09. The van der Waals surface area contributed by atoms with Gasteiger partial charge in [-0.2, -0.15) is 0 Å². The molecule has 1 aromatic carbocycles. The van der Waals surface area contributed by atoms with Gasteiger partial charge >= 0.3 is 0 Å². The molecule has 0 atom stereocenters. The lowest BCUT2D eigenvalue weighted by Crippen LogP contribution is -2.00. The van der Waals surface area contributed by atoms with Crippen molar-refractivity contribution in [2.24, 2.45) is 5.73 Å². The first-order valence-corrected chi connectivity index (χ1v) is 4.29. The van der Waals surface area contributed by atoms with Gasteiger partial charge in [0.1, 0.15) is 5.82 Å². The predicted molar refractivity (Wildman–Crippen MR) is 56.7 cm³/mol. The molecule has 0 radical (unpaired) electrons. The van der Waals surface area contributed by atoms with E-state index in [9.17, 15) is 4.39 Å². The van der Waals surface area contributed by atoms with Crippen molar-refractivity contribution < 1.29 is 4.39 Å². The first-order chi connectivity index (χ1) is 6.50. The Hall–Kier alpha value is -1.64. The highest BCUT2D eigenvalue weighted by Crippen LogP contribution is 2.13. The summed E-state index contributed by atoms with van der Waals surface area (Å²) in [6, 6.07) is 4.79. The van der Waals surface area contributed by atoms with Gasteiger partial charge in [0, 0.05) is 17.0 Å². The van der Waals surface area contributed by atoms with Crippen molar-refractivity contribution in [3.63, 3.8) is 0 Å². The van der Waals surface area contributed by atoms with Crippen molar-refractivity contribution in [3.05, 3.63) is 41.2 Å². The number of benzene rings is 1. The highest BCUT2D eigenvalue weighted by Gasteiger charge is 2.01. The summed E-state index contributed by atoms with van der Waals surface area (Å²) in [7, 11) is 0. The fraction of sp³-hybridized carbons (Fsp3) is 0.182. The number of nitrogens with two attached hydrogens (primary N) is 1. The molecule has 14 heavy (non-hydrogen) atoms. The van der Waals surface area contributed by atoms with Crippen molar-refractivity contribution >= 4 is 11.4 Å². The third-order valence-electron chi connectivity index (χ3n) is 1.88. The van der Waals surface area contributed by atoms with Crippen LogP contribution in [-0.4, -0.2) is 5.71 Å². The van der Waals surface area contributed by atoms with E-state index in [1.807, 2.05) is 0 Å². The number of rotatable bonds is 2. The number of aryl methyl sites for hydroxylation is 1. The maximum Gasteiger partial charge on any atom is 0.126 e. The summed E-state index contributed by atoms with van der Waals surface area (Å²) in [4.78, 5) is 0. The van der Waals surface area contributed by atoms with E-state index < -0.39 is 0 Å². The summed E-state index contributed by atoms with van der Waals surface area (Å²) in [5.74, 6) is -0.276. The quantitative estimate of drug-likeness (QED) is 0.695. The van der Waals surface area contributed by atoms with Crippen LogP contribution < -0.4 is 5.73 Å². The van der Waals surface area contributed by atoms with Crippen LogP contribution in [0, 0.1) is 18.2 Å². The number of nitrogens with one attached hydrogen (secondary N) is 1. The Kier molecular flexibility index (Phi) is 3.02. The number of halogens is 1. The highest BCUT2D eigenvalue weighted by molar-refractivity contribution is 5.96. The van der Waals surface area contributed by atoms with E-state index in [2.05, 4.69) is 0 Å². The smallest absolute Gasteiger partial charge is 0.126 e. The molecule has 0 saturated carbocycles. The topological polar surface area (TPSA) is 49.9 Å². The zero-order valence-corrected chi connectivity index (χ0v) is 8.26. The van der Waals surface area contributed by atoms with Gasteiger partial charge in [-0.1, -0.05) is 12.1 Å². The van der Waals surface area contributed by atoms with Crippen molar-refractivity contribution in [1.29, 1.82) is 5.41 Å². The summed E-state index contributed by atoms with van der Waals surface area (Å²) in [5, 5.41) is 7.22. The van der Waals surface area contributed by atoms with Gasteiger partial charge in [-0.3, -0.25) is 0 Å². The van der Waals surface area contributed by atoms with Gasteiger partial charge in [0.2, 0.25) is 0 Å². The molecular formula is C11H13FN2. The van der Waals surface area contributed by atoms with Crippen LogP contribution in [0.15, 0.2) is 24.3 Å². The molecule has 0 unspecified atom stereocenters. The fourth-order valence-electron chi connectivity index (χ4n) is 1.09. The highest BCUT2D eigenvalue weighted by atomic mass is 19.1. The summed E-state index contributed by atoms with van der Waals surface area (Å²) in [5.41, 5.74) is 7.63. The van der Waals surface area contributed by atoms with Crippen LogP contribution in [0.25, 0.3) is 5.70 Å². The van der Waals surface area contributed by atoms with Crippen LogP contribution in [0.5, 0.6) is 0 Å². The van der Waals surface area contributed by atoms with Crippen molar-refractivity contribution in [3.8, 4) is 0 Å². The van der Waals surface area contributed by atoms with Crippen LogP contribution in [0.2, 0.25) is 0 Å². The van der Waals surface area contributed by atoms with Crippen LogP contribution in [-0.2, 0) is 0 Å². The van der Waals surface area contributed by atoms with Crippen LogP contribution in [0.1, 0.15) is 18.1 Å². The number of hydrogen-bond acceptors (Lipinski definition) is 2. The van der Waals surface area contributed by atoms with E-state index in [0.717, 1.165) is 0 Å². The molecule has 0 aliphatic carbocycles. The summed E-state index contributed by atoms with van der Waals surface area (Å²) in [6.07, 6.45) is 1.50. The third kappa shape index (κ3) is 2.42. The van der Waals surface area contributed by atoms with Crippen molar-refractivity contribution in [2.75, 3.05) is 0 Å². The van der Waals surface area contributed by atoms with Gasteiger partial charge in [-0.15, -0.1) is 0 Å². The lowest BCUT2D eigenvalue weighted by Gasteiger charge is -2.03. The van der Waals surface area contributed by atoms with Gasteiger partial charge in [-0.25, -0.2) is 4.39 Å². The Bertz CT molecular complexity index is 394. The maximum absolute atomic E-state index is 13.1. The Morgan fingerprint density at radius 2 is 2.14 bits per heavy atom. The zero-order chi connectivity index (χ0) is 10.7. The zero-order valence-electron chi connectivity index (χ0n) is 8.26. The lowest BCUT2D eigenvalue weighted by atomic mass is 10.1. The standard InChI is InChI=1S/C11H13FN2/c1-7-3-4-9(6-10(7)12)11(14)5-8(2)13/h3-6,13H,14H2,1-2H3/b11-5-,13-8?. The van der Waals surface area contributed by atoms with Crippen LogP contribution in [0.3, 0.4) is 0 Å². The molecule has 0 amide bonds. The SMILES string of the molecule is CC(=N)/C=C(\N)c1ccc(C)c(F)c1. The molecule has 0 spiro atoms. The monoisotopic (exact) mass is 192 g/mol. The molecule has 0 fully saturated rings. The third-order valence-corrected chi connectivity index (χ3v) is 1.88. The molecule has 0 aliphatic heterocycles. The Labute approximate surface area is 82.8 Å². The second-order valence-electron chi connectivity index (χ2n) is 3.25. The minimum atomic E-state index is -0.276. The average molecular weight is 192 g/mol. The molecule has 1 rings (SSSR count). The molecule has 0 aliphatic rings. The molecule has 0 saturated heterocycles. The molecule has 0 bridgehead atoms. The predicted octanol–water partition coefficient (Wildman–Crippen LogP) is 2.47. The second-order valence-corrected chi connectivity index (χ2v) is 3.25. The number of allylic oxidation sites excluding steroid dienone is 1. The van der Waals surface area contributed by atoms with Gasteiger partial charge in [0.25, 0.3) is 0 Å². The molecule has 74 valence electrons. The molecule has 0 heterocycles. The minimum Gasteiger partial charge on any atom is -0.398 e. The van der Waals surface area contributed by atoms with Gasteiger partial charge in [-0.05, 0) is 31.6 Å². The van der Waals surface area contributed by atoms with Gasteiger partial charge in [0.05, 0.1) is 0 Å². The van der Waals surface area contributed by atoms with Crippen molar-refractivity contribution in [1.82, 2.24) is 0 Å². The van der Waals surface area contributed by atoms with Gasteiger partial charge in [0.15, 0.2) is 0 Å². The Morgan fingerprint density at radius 3 is 2.64 bits per heavy atom. The summed E-state index contributed by atoms with van der Waals surface area (Å²) < 4.78 is 13.1. The minimum absolute atomic E-state index is 0.276. The Morgan fingerprint density at radius 1 is 1.50 bits per heavy atom. The van der Waals surface area contributed by atoms with E-state index in [1.165, 1.54) is 12.1 Å². The van der Waals surface area contributed by atoms with Crippen molar-refractivity contribution in [2.45, 2.75) is 13.8 Å². The molecule has 3 N–H and O–H groups in total. The second kappa shape index (κ2) is 4.05. The molecule has 0 aromatic heterocycles. The van der Waals surface area contributed by atoms with Crippen LogP contribution >= 0.6 is 0 Å². The molecule has 3 heteroatoms. The maximum atomic E-state index is 13.1. The van der Waals surface area contributed by atoms with Gasteiger partial charge < -0.3 is 11.1 Å². The molecule has 1 aromatic rings.